The molecule has 3 aliphatic heterocycles. The minimum Gasteiger partial charge on any atom is -0.445 e. The minimum atomic E-state index is -1.22. The van der Waals surface area contributed by atoms with Crippen LogP contribution in [-0.2, 0) is 22.5 Å². The van der Waals surface area contributed by atoms with Gasteiger partial charge in [-0.1, -0.05) is 22.0 Å². The fourth-order valence-corrected chi connectivity index (χ4v) is 5.49. The molecule has 29 heavy (non-hydrogen) atoms. The maximum absolute atomic E-state index is 13.5. The summed E-state index contributed by atoms with van der Waals surface area (Å²) in [4.78, 5) is 40.1. The molecule has 0 saturated carbocycles. The van der Waals surface area contributed by atoms with Gasteiger partial charge in [0.15, 0.2) is 5.60 Å². The van der Waals surface area contributed by atoms with Crippen molar-refractivity contribution in [1.82, 2.24) is 9.47 Å². The lowest BCUT2D eigenvalue weighted by Crippen LogP contribution is -2.57. The van der Waals surface area contributed by atoms with Gasteiger partial charge in [0.2, 0.25) is 0 Å². The molecule has 7 heteroatoms. The molecule has 0 radical (unpaired) electrons. The zero-order chi connectivity index (χ0) is 20.3. The Hall–Kier alpha value is -2.41. The Balaban J connectivity index is 1.43. The predicted octanol–water partition coefficient (Wildman–Crippen LogP) is 2.73. The maximum atomic E-state index is 13.5. The minimum absolute atomic E-state index is 0.0207. The van der Waals surface area contributed by atoms with Gasteiger partial charge in [0.25, 0.3) is 11.5 Å². The Kier molecular flexibility index (Phi) is 4.21. The van der Waals surface area contributed by atoms with E-state index in [2.05, 4.69) is 15.9 Å². The monoisotopic (exact) mass is 456 g/mol. The number of piperidine rings is 1. The summed E-state index contributed by atoms with van der Waals surface area (Å²) in [6, 6.07) is 10.8. The third-order valence-electron chi connectivity index (χ3n) is 6.35. The molecule has 4 heterocycles. The third kappa shape index (κ3) is 3.03. The second-order valence-electron chi connectivity index (χ2n) is 8.51. The Labute approximate surface area is 176 Å². The van der Waals surface area contributed by atoms with Crippen molar-refractivity contribution < 1.29 is 14.3 Å². The molecule has 2 aromatic rings. The van der Waals surface area contributed by atoms with E-state index in [1.165, 1.54) is 0 Å². The van der Waals surface area contributed by atoms with Crippen LogP contribution in [0.25, 0.3) is 0 Å². The molecule has 3 aliphatic rings. The molecule has 1 fully saturated rings. The van der Waals surface area contributed by atoms with Crippen LogP contribution in [-0.4, -0.2) is 40.0 Å². The number of amides is 1. The maximum Gasteiger partial charge on any atom is 0.339 e. The number of aromatic nitrogens is 1. The molecule has 3 atom stereocenters. The van der Waals surface area contributed by atoms with Gasteiger partial charge >= 0.3 is 5.97 Å². The van der Waals surface area contributed by atoms with Crippen molar-refractivity contribution in [2.45, 2.75) is 37.8 Å². The summed E-state index contributed by atoms with van der Waals surface area (Å²) < 4.78 is 8.38. The number of likely N-dealkylation sites (tertiary alicyclic amines) is 1. The highest BCUT2D eigenvalue weighted by atomic mass is 79.9. The van der Waals surface area contributed by atoms with Crippen LogP contribution >= 0.6 is 15.9 Å². The van der Waals surface area contributed by atoms with E-state index in [4.69, 9.17) is 4.74 Å². The van der Waals surface area contributed by atoms with E-state index in [0.29, 0.717) is 31.6 Å². The summed E-state index contributed by atoms with van der Waals surface area (Å²) in [7, 11) is 0. The van der Waals surface area contributed by atoms with Gasteiger partial charge in [0, 0.05) is 48.2 Å². The molecule has 3 unspecified atom stereocenters. The molecule has 1 aromatic carbocycles. The average Bonchev–Trinajstić information content (AvgIpc) is 2.67. The lowest BCUT2D eigenvalue weighted by atomic mass is 9.81. The molecule has 1 amide bonds. The van der Waals surface area contributed by atoms with Crippen LogP contribution in [0.4, 0.5) is 0 Å². The zero-order valence-corrected chi connectivity index (χ0v) is 17.6. The van der Waals surface area contributed by atoms with Crippen molar-refractivity contribution in [3.63, 3.8) is 0 Å². The number of halogens is 1. The number of carbonyl (C=O) groups is 2. The van der Waals surface area contributed by atoms with E-state index in [1.807, 2.05) is 21.6 Å². The van der Waals surface area contributed by atoms with E-state index >= 15 is 0 Å². The standard InChI is InChI=1S/C22H21BrN2O4/c1-22(9-14-8-16(23)5-6-17(14)20(27)29-22)21(28)24-10-13-7-15(12-24)18-3-2-4-19(26)25(18)11-13/h2-6,8,13,15H,7,9-12H2,1H3. The molecule has 5 rings (SSSR count). The highest BCUT2D eigenvalue weighted by Gasteiger charge is 2.47. The second kappa shape index (κ2) is 6.55. The Morgan fingerprint density at radius 2 is 2.00 bits per heavy atom. The van der Waals surface area contributed by atoms with Crippen LogP contribution < -0.4 is 5.56 Å². The second-order valence-corrected chi connectivity index (χ2v) is 9.42. The number of carbonyl (C=O) groups excluding carboxylic acids is 2. The van der Waals surface area contributed by atoms with Crippen molar-refractivity contribution in [3.05, 3.63) is 68.0 Å². The van der Waals surface area contributed by atoms with E-state index in [-0.39, 0.29) is 23.3 Å². The molecular formula is C22H21BrN2O4. The molecule has 2 bridgehead atoms. The molecule has 1 saturated heterocycles. The van der Waals surface area contributed by atoms with Gasteiger partial charge in [-0.05, 0) is 49.1 Å². The van der Waals surface area contributed by atoms with Gasteiger partial charge in [-0.3, -0.25) is 9.59 Å². The van der Waals surface area contributed by atoms with Crippen molar-refractivity contribution in [2.24, 2.45) is 5.92 Å². The lowest BCUT2D eigenvalue weighted by molar-refractivity contribution is -0.154. The van der Waals surface area contributed by atoms with Gasteiger partial charge in [0.1, 0.15) is 0 Å². The SMILES string of the molecule is CC1(C(=O)N2CC3CC(C2)c2cccc(=O)n2C3)Cc2cc(Br)ccc2C(=O)O1. The van der Waals surface area contributed by atoms with Crippen molar-refractivity contribution in [2.75, 3.05) is 13.1 Å². The molecule has 150 valence electrons. The Morgan fingerprint density at radius 3 is 2.83 bits per heavy atom. The fraction of sp³-hybridized carbons (Fsp3) is 0.409. The van der Waals surface area contributed by atoms with E-state index in [9.17, 15) is 14.4 Å². The van der Waals surface area contributed by atoms with Gasteiger partial charge in [-0.2, -0.15) is 0 Å². The normalized spacial score (nSPS) is 27.7. The summed E-state index contributed by atoms with van der Waals surface area (Å²) >= 11 is 3.44. The number of pyridine rings is 1. The zero-order valence-electron chi connectivity index (χ0n) is 16.1. The first-order valence-electron chi connectivity index (χ1n) is 9.85. The van der Waals surface area contributed by atoms with Crippen LogP contribution in [0.1, 0.15) is 40.9 Å². The molecule has 1 aromatic heterocycles. The Bertz CT molecular complexity index is 1090. The van der Waals surface area contributed by atoms with Gasteiger partial charge in [-0.25, -0.2) is 4.79 Å². The fourth-order valence-electron chi connectivity index (χ4n) is 5.08. The highest BCUT2D eigenvalue weighted by molar-refractivity contribution is 9.10. The number of esters is 1. The quantitative estimate of drug-likeness (QED) is 0.618. The number of rotatable bonds is 1. The summed E-state index contributed by atoms with van der Waals surface area (Å²) in [6.07, 6.45) is 1.33. The number of ether oxygens (including phenoxy) is 1. The summed E-state index contributed by atoms with van der Waals surface area (Å²) in [5.74, 6) is -0.249. The van der Waals surface area contributed by atoms with Crippen LogP contribution in [0.5, 0.6) is 0 Å². The lowest BCUT2D eigenvalue weighted by Gasteiger charge is -2.45. The first kappa shape index (κ1) is 18.6. The smallest absolute Gasteiger partial charge is 0.339 e. The summed E-state index contributed by atoms with van der Waals surface area (Å²) in [5, 5.41) is 0. The van der Waals surface area contributed by atoms with Crippen LogP contribution in [0.3, 0.4) is 0 Å². The first-order valence-corrected chi connectivity index (χ1v) is 10.6. The van der Waals surface area contributed by atoms with Crippen LogP contribution in [0.15, 0.2) is 45.7 Å². The van der Waals surface area contributed by atoms with Crippen molar-refractivity contribution in [1.29, 1.82) is 0 Å². The molecular weight excluding hydrogens is 436 g/mol. The third-order valence-corrected chi connectivity index (χ3v) is 6.85. The molecule has 0 aliphatic carbocycles. The molecule has 0 spiro atoms. The predicted molar refractivity (Wildman–Crippen MR) is 110 cm³/mol. The number of hydrogen-bond donors (Lipinski definition) is 0. The van der Waals surface area contributed by atoms with Gasteiger partial charge in [-0.15, -0.1) is 0 Å². The van der Waals surface area contributed by atoms with Crippen molar-refractivity contribution in [3.8, 4) is 0 Å². The number of cyclic esters (lactones) is 1. The van der Waals surface area contributed by atoms with E-state index in [0.717, 1.165) is 22.2 Å². The van der Waals surface area contributed by atoms with Crippen LogP contribution in [0, 0.1) is 5.92 Å². The van der Waals surface area contributed by atoms with Crippen LogP contribution in [0.2, 0.25) is 0 Å². The molecule has 0 N–H and O–H groups in total. The van der Waals surface area contributed by atoms with E-state index in [1.54, 1.807) is 31.2 Å². The largest absolute Gasteiger partial charge is 0.445 e. The Morgan fingerprint density at radius 1 is 1.17 bits per heavy atom. The molecule has 6 nitrogen and oxygen atoms in total. The van der Waals surface area contributed by atoms with Gasteiger partial charge < -0.3 is 14.2 Å². The topological polar surface area (TPSA) is 68.6 Å². The summed E-state index contributed by atoms with van der Waals surface area (Å²) in [6.45, 7) is 3.45. The van der Waals surface area contributed by atoms with E-state index < -0.39 is 11.6 Å². The number of nitrogens with zero attached hydrogens (tertiary/aromatic N) is 2. The first-order chi connectivity index (χ1) is 13.8. The number of hydrogen-bond acceptors (Lipinski definition) is 4. The number of benzene rings is 1. The van der Waals surface area contributed by atoms with Crippen molar-refractivity contribution >= 4 is 27.8 Å². The highest BCUT2D eigenvalue weighted by Crippen LogP contribution is 2.38. The average molecular weight is 457 g/mol. The van der Waals surface area contributed by atoms with Gasteiger partial charge in [0.05, 0.1) is 5.56 Å². The number of fused-ring (bicyclic) bond motifs is 5. The summed E-state index contributed by atoms with van der Waals surface area (Å²) in [5.41, 5.74) is 1.13.